The molecule has 2 aliphatic heterocycles. The number of rotatable bonds is 8. The number of imide groups is 2. The van der Waals surface area contributed by atoms with Crippen LogP contribution in [-0.2, 0) is 9.59 Å². The third-order valence-electron chi connectivity index (χ3n) is 8.59. The molecule has 2 aliphatic carbocycles. The Morgan fingerprint density at radius 2 is 1.80 bits per heavy atom. The van der Waals surface area contributed by atoms with Crippen molar-refractivity contribution in [2.24, 2.45) is 5.92 Å². The first-order valence-electron chi connectivity index (χ1n) is 14.1. The van der Waals surface area contributed by atoms with Crippen molar-refractivity contribution in [1.29, 1.82) is 0 Å². The van der Waals surface area contributed by atoms with Gasteiger partial charge in [0.15, 0.2) is 0 Å². The molecule has 11 nitrogen and oxygen atoms in total. The summed E-state index contributed by atoms with van der Waals surface area (Å²) in [6.07, 6.45) is 8.41. The van der Waals surface area contributed by atoms with Gasteiger partial charge in [-0.05, 0) is 68.4 Å². The Kier molecular flexibility index (Phi) is 6.09. The fourth-order valence-electron chi connectivity index (χ4n) is 6.03. The number of fused-ring (bicyclic) bond motifs is 1. The molecule has 1 saturated heterocycles. The predicted octanol–water partition coefficient (Wildman–Crippen LogP) is 3.30. The number of nitrogens with one attached hydrogen (secondary N) is 2. The summed E-state index contributed by atoms with van der Waals surface area (Å²) in [4.78, 5) is 55.4. The van der Waals surface area contributed by atoms with E-state index in [4.69, 9.17) is 9.84 Å². The number of carbonyl (C=O) groups is 4. The van der Waals surface area contributed by atoms with Crippen molar-refractivity contribution in [3.05, 3.63) is 59.5 Å². The van der Waals surface area contributed by atoms with Gasteiger partial charge in [-0.3, -0.25) is 39.1 Å². The first kappa shape index (κ1) is 25.4. The quantitative estimate of drug-likeness (QED) is 0.405. The molecular formula is C30H30N6O5. The van der Waals surface area contributed by atoms with Gasteiger partial charge < -0.3 is 10.1 Å². The molecule has 4 aliphatic rings. The number of hydrogen-bond acceptors (Lipinski definition) is 8. The molecule has 0 spiro atoms. The molecule has 4 heterocycles. The van der Waals surface area contributed by atoms with Gasteiger partial charge in [-0.25, -0.2) is 0 Å². The lowest BCUT2D eigenvalue weighted by atomic mass is 9.80. The average Bonchev–Trinajstić information content (AvgIpc) is 3.66. The van der Waals surface area contributed by atoms with Gasteiger partial charge in [0, 0.05) is 36.3 Å². The number of methoxy groups -OCH3 is 1. The van der Waals surface area contributed by atoms with Crippen LogP contribution in [0, 0.1) is 5.92 Å². The van der Waals surface area contributed by atoms with E-state index in [1.807, 2.05) is 12.1 Å². The lowest BCUT2D eigenvalue weighted by Gasteiger charge is -2.35. The van der Waals surface area contributed by atoms with Crippen molar-refractivity contribution in [1.82, 2.24) is 25.0 Å². The van der Waals surface area contributed by atoms with Crippen LogP contribution in [0.2, 0.25) is 0 Å². The van der Waals surface area contributed by atoms with E-state index in [2.05, 4.69) is 26.5 Å². The number of hydrogen-bond donors (Lipinski definition) is 2. The van der Waals surface area contributed by atoms with Gasteiger partial charge in [0.25, 0.3) is 11.8 Å². The lowest BCUT2D eigenvalue weighted by Crippen LogP contribution is -2.54. The minimum Gasteiger partial charge on any atom is -0.495 e. The maximum atomic E-state index is 13.1. The Bertz CT molecular complexity index is 1570. The Balaban J connectivity index is 0.983. The number of nitrogens with zero attached hydrogens (tertiary/aromatic N) is 4. The predicted molar refractivity (Wildman–Crippen MR) is 147 cm³/mol. The first-order chi connectivity index (χ1) is 19.9. The maximum Gasteiger partial charge on any atom is 0.262 e. The molecule has 1 atom stereocenters. The third kappa shape index (κ3) is 4.55. The van der Waals surface area contributed by atoms with Gasteiger partial charge in [-0.1, -0.05) is 0 Å². The van der Waals surface area contributed by atoms with Crippen molar-refractivity contribution in [3.8, 4) is 17.0 Å². The largest absolute Gasteiger partial charge is 0.495 e. The molecule has 0 radical (unpaired) electrons. The van der Waals surface area contributed by atoms with Crippen LogP contribution in [0.3, 0.4) is 0 Å². The van der Waals surface area contributed by atoms with Gasteiger partial charge in [0.05, 0.1) is 41.9 Å². The standard InChI is InChI=1S/C30H30N6O5/c1-41-20-5-7-24(32-14-20)23-15-35(34-27(23)17-2-3-17)19-10-16(11-19)13-31-18-4-6-21-22(12-18)30(40)36(29(21)39)25-8-9-26(37)33-28(25)38/h4-7,12,14-17,19,25,31H,2-3,8-11,13H2,1H3,(H,33,37,38). The number of benzene rings is 1. The van der Waals surface area contributed by atoms with Crippen LogP contribution in [0.5, 0.6) is 5.75 Å². The van der Waals surface area contributed by atoms with Crippen LogP contribution < -0.4 is 15.4 Å². The number of carbonyl (C=O) groups excluding carboxylic acids is 4. The van der Waals surface area contributed by atoms with Gasteiger partial charge in [0.2, 0.25) is 11.8 Å². The fraction of sp³-hybridized carbons (Fsp3) is 0.400. The highest BCUT2D eigenvalue weighted by Gasteiger charge is 2.44. The molecule has 2 saturated carbocycles. The third-order valence-corrected chi connectivity index (χ3v) is 8.59. The van der Waals surface area contributed by atoms with E-state index >= 15 is 0 Å². The van der Waals surface area contributed by atoms with Crippen LogP contribution in [-0.4, -0.2) is 63.0 Å². The highest BCUT2D eigenvalue weighted by molar-refractivity contribution is 6.23. The molecule has 2 N–H and O–H groups in total. The van der Waals surface area contributed by atoms with Crippen LogP contribution >= 0.6 is 0 Å². The van der Waals surface area contributed by atoms with Crippen LogP contribution in [0.15, 0.2) is 42.7 Å². The summed E-state index contributed by atoms with van der Waals surface area (Å²) in [7, 11) is 1.63. The highest BCUT2D eigenvalue weighted by Crippen LogP contribution is 2.45. The van der Waals surface area contributed by atoms with E-state index in [0.29, 0.717) is 17.9 Å². The van der Waals surface area contributed by atoms with Gasteiger partial charge >= 0.3 is 0 Å². The molecule has 1 aromatic carbocycles. The molecule has 1 unspecified atom stereocenters. The van der Waals surface area contributed by atoms with Gasteiger partial charge in [-0.15, -0.1) is 0 Å². The maximum absolute atomic E-state index is 13.1. The molecule has 7 rings (SSSR count). The Labute approximate surface area is 236 Å². The highest BCUT2D eigenvalue weighted by atomic mass is 16.5. The fourth-order valence-corrected chi connectivity index (χ4v) is 6.03. The summed E-state index contributed by atoms with van der Waals surface area (Å²) in [6, 6.07) is 8.37. The van der Waals surface area contributed by atoms with Crippen LogP contribution in [0.1, 0.15) is 76.9 Å². The summed E-state index contributed by atoms with van der Waals surface area (Å²) >= 11 is 0. The molecule has 11 heteroatoms. The number of anilines is 1. The number of aromatic nitrogens is 3. The van der Waals surface area contributed by atoms with Crippen molar-refractivity contribution >= 4 is 29.3 Å². The SMILES string of the molecule is COc1ccc(-c2cn(C3CC(CNc4ccc5c(c4)C(=O)N(C4CCC(=O)NC4=O)C5=O)C3)nc2C2CC2)nc1. The smallest absolute Gasteiger partial charge is 0.262 e. The summed E-state index contributed by atoms with van der Waals surface area (Å²) in [6.45, 7) is 0.734. The topological polar surface area (TPSA) is 136 Å². The van der Waals surface area contributed by atoms with Crippen molar-refractivity contribution in [2.75, 3.05) is 19.0 Å². The normalized spacial score (nSPS) is 23.7. The summed E-state index contributed by atoms with van der Waals surface area (Å²) in [5.41, 5.74) is 4.45. The Hall–Kier alpha value is -4.54. The van der Waals surface area contributed by atoms with Crippen molar-refractivity contribution in [2.45, 2.75) is 56.5 Å². The number of pyridine rings is 1. The van der Waals surface area contributed by atoms with Crippen LogP contribution in [0.25, 0.3) is 11.3 Å². The number of piperidine rings is 1. The van der Waals surface area contributed by atoms with E-state index < -0.39 is 29.7 Å². The zero-order valence-electron chi connectivity index (χ0n) is 22.6. The molecule has 41 heavy (non-hydrogen) atoms. The second-order valence-electron chi connectivity index (χ2n) is 11.3. The molecule has 0 bridgehead atoms. The van der Waals surface area contributed by atoms with E-state index in [1.165, 1.54) is 0 Å². The van der Waals surface area contributed by atoms with E-state index in [-0.39, 0.29) is 24.0 Å². The summed E-state index contributed by atoms with van der Waals surface area (Å²) in [5.74, 6) is -0.314. The molecule has 3 aromatic rings. The van der Waals surface area contributed by atoms with Gasteiger partial charge in [0.1, 0.15) is 11.8 Å². The second-order valence-corrected chi connectivity index (χ2v) is 11.3. The Morgan fingerprint density at radius 3 is 2.51 bits per heavy atom. The second kappa shape index (κ2) is 9.83. The van der Waals surface area contributed by atoms with E-state index in [0.717, 1.165) is 65.5 Å². The molecule has 3 fully saturated rings. The molecular weight excluding hydrogens is 524 g/mol. The number of ether oxygens (including phenoxy) is 1. The minimum absolute atomic E-state index is 0.0963. The lowest BCUT2D eigenvalue weighted by molar-refractivity contribution is -0.136. The Morgan fingerprint density at radius 1 is 1.00 bits per heavy atom. The van der Waals surface area contributed by atoms with E-state index in [9.17, 15) is 19.2 Å². The zero-order chi connectivity index (χ0) is 28.2. The van der Waals surface area contributed by atoms with Crippen LogP contribution in [0.4, 0.5) is 5.69 Å². The van der Waals surface area contributed by atoms with Gasteiger partial charge in [-0.2, -0.15) is 5.10 Å². The zero-order valence-corrected chi connectivity index (χ0v) is 22.6. The van der Waals surface area contributed by atoms with Crippen molar-refractivity contribution < 1.29 is 23.9 Å². The molecule has 4 amide bonds. The van der Waals surface area contributed by atoms with Crippen molar-refractivity contribution in [3.63, 3.8) is 0 Å². The summed E-state index contributed by atoms with van der Waals surface area (Å²) < 4.78 is 7.36. The summed E-state index contributed by atoms with van der Waals surface area (Å²) in [5, 5.41) is 10.6. The first-order valence-corrected chi connectivity index (χ1v) is 14.1. The minimum atomic E-state index is -0.966. The molecule has 2 aromatic heterocycles. The number of amides is 4. The monoisotopic (exact) mass is 554 g/mol. The molecule has 210 valence electrons. The average molecular weight is 555 g/mol. The van der Waals surface area contributed by atoms with E-state index in [1.54, 1.807) is 31.5 Å².